The van der Waals surface area contributed by atoms with Crippen LogP contribution in [0.15, 0.2) is 41.5 Å². The number of methoxy groups -OCH3 is 2. The lowest BCUT2D eigenvalue weighted by molar-refractivity contribution is -0.170. The van der Waals surface area contributed by atoms with Gasteiger partial charge >= 0.3 is 5.97 Å². The zero-order valence-electron chi connectivity index (χ0n) is 16.8. The summed E-state index contributed by atoms with van der Waals surface area (Å²) in [5.74, 6) is -1.06. The third kappa shape index (κ3) is 2.54. The molecular weight excluding hydrogens is 388 g/mol. The Balaban J connectivity index is 1.67. The van der Waals surface area contributed by atoms with Crippen molar-refractivity contribution in [2.24, 2.45) is 0 Å². The summed E-state index contributed by atoms with van der Waals surface area (Å²) in [4.78, 5) is 32.5. The van der Waals surface area contributed by atoms with Crippen molar-refractivity contribution in [3.05, 3.63) is 52.7 Å². The Morgan fingerprint density at radius 2 is 2.10 bits per heavy atom. The number of cyclic esters (lactones) is 1. The number of ether oxygens (including phenoxy) is 3. The number of hydrogen-bond acceptors (Lipinski definition) is 7. The molecule has 3 atom stereocenters. The lowest BCUT2D eigenvalue weighted by Gasteiger charge is -2.45. The number of rotatable bonds is 4. The van der Waals surface area contributed by atoms with E-state index in [9.17, 15) is 14.7 Å². The fourth-order valence-electron chi connectivity index (χ4n) is 4.83. The molecule has 4 heterocycles. The number of benzene rings is 1. The van der Waals surface area contributed by atoms with Crippen LogP contribution in [0.4, 0.5) is 0 Å². The number of carbonyl (C=O) groups excluding carboxylic acids is 2. The Morgan fingerprint density at radius 3 is 2.87 bits per heavy atom. The van der Waals surface area contributed by atoms with Gasteiger partial charge in [0.2, 0.25) is 0 Å². The van der Waals surface area contributed by atoms with Crippen LogP contribution < -0.4 is 0 Å². The van der Waals surface area contributed by atoms with Gasteiger partial charge in [-0.1, -0.05) is 18.2 Å². The Bertz CT molecular complexity index is 1100. The van der Waals surface area contributed by atoms with Gasteiger partial charge in [0.25, 0.3) is 5.91 Å². The number of aromatic nitrogens is 1. The lowest BCUT2D eigenvalue weighted by atomic mass is 9.76. The van der Waals surface area contributed by atoms with E-state index in [1.165, 1.54) is 14.2 Å². The van der Waals surface area contributed by atoms with Crippen LogP contribution in [0, 0.1) is 0 Å². The van der Waals surface area contributed by atoms with Crippen LogP contribution in [-0.2, 0) is 30.3 Å². The van der Waals surface area contributed by atoms with E-state index in [1.807, 2.05) is 30.3 Å². The smallest absolute Gasteiger partial charge is 0.343 e. The van der Waals surface area contributed by atoms with Crippen molar-refractivity contribution in [2.45, 2.75) is 30.7 Å². The first kappa shape index (κ1) is 19.2. The molecule has 3 unspecified atom stereocenters. The van der Waals surface area contributed by atoms with E-state index in [2.05, 4.69) is 0 Å². The molecule has 0 fully saturated rings. The molecule has 1 N–H and O–H groups in total. The van der Waals surface area contributed by atoms with Crippen molar-refractivity contribution in [1.29, 1.82) is 0 Å². The third-order valence-electron chi connectivity index (χ3n) is 6.26. The summed E-state index contributed by atoms with van der Waals surface area (Å²) in [5.41, 5.74) is 1.04. The first-order chi connectivity index (χ1) is 14.5. The van der Waals surface area contributed by atoms with Crippen LogP contribution >= 0.6 is 0 Å². The van der Waals surface area contributed by atoms with Crippen molar-refractivity contribution in [1.82, 2.24) is 9.88 Å². The van der Waals surface area contributed by atoms with Gasteiger partial charge in [-0.2, -0.15) is 0 Å². The molecule has 0 saturated carbocycles. The van der Waals surface area contributed by atoms with Crippen molar-refractivity contribution in [3.63, 3.8) is 0 Å². The number of amides is 1. The van der Waals surface area contributed by atoms with E-state index < -0.39 is 23.7 Å². The predicted octanol–water partition coefficient (Wildman–Crippen LogP) is 1.27. The Labute approximate surface area is 173 Å². The monoisotopic (exact) mass is 410 g/mol. The molecule has 0 saturated heterocycles. The first-order valence-electron chi connectivity index (χ1n) is 9.84. The molecule has 156 valence electrons. The topological polar surface area (TPSA) is 98.2 Å². The number of para-hydroxylation sites is 1. The molecule has 30 heavy (non-hydrogen) atoms. The molecule has 5 rings (SSSR count). The number of pyridine rings is 1. The van der Waals surface area contributed by atoms with Crippen LogP contribution in [0.25, 0.3) is 10.9 Å². The van der Waals surface area contributed by atoms with Gasteiger partial charge in [-0.05, 0) is 17.7 Å². The van der Waals surface area contributed by atoms with Gasteiger partial charge in [-0.3, -0.25) is 9.78 Å². The van der Waals surface area contributed by atoms with E-state index in [4.69, 9.17) is 19.2 Å². The minimum atomic E-state index is -1.98. The van der Waals surface area contributed by atoms with Crippen LogP contribution in [0.5, 0.6) is 0 Å². The number of carbonyl (C=O) groups is 2. The minimum Gasteiger partial charge on any atom is -0.458 e. The van der Waals surface area contributed by atoms with Crippen LogP contribution in [0.1, 0.15) is 23.7 Å². The van der Waals surface area contributed by atoms with Gasteiger partial charge < -0.3 is 24.2 Å². The molecule has 1 amide bonds. The van der Waals surface area contributed by atoms with Crippen LogP contribution in [0.2, 0.25) is 0 Å². The summed E-state index contributed by atoms with van der Waals surface area (Å²) in [6, 6.07) is 9.27. The molecule has 0 bridgehead atoms. The van der Waals surface area contributed by atoms with Crippen molar-refractivity contribution in [3.8, 4) is 0 Å². The summed E-state index contributed by atoms with van der Waals surface area (Å²) in [5, 5.41) is 12.3. The quantitative estimate of drug-likeness (QED) is 0.758. The normalized spacial score (nSPS) is 27.8. The number of fused-ring (bicyclic) bond motifs is 4. The second-order valence-electron chi connectivity index (χ2n) is 7.83. The Kier molecular flexibility index (Phi) is 4.39. The molecule has 1 aromatic carbocycles. The Hall–Kier alpha value is -2.81. The Morgan fingerprint density at radius 1 is 1.30 bits per heavy atom. The molecule has 3 aliphatic rings. The maximum absolute atomic E-state index is 13.4. The van der Waals surface area contributed by atoms with Gasteiger partial charge in [0.1, 0.15) is 18.8 Å². The standard InChI is InChI=1S/C22H22N2O6/c1-28-8-7-22(27)16-14(11-30-21(22)26)20(25)24-10-13-9-12-5-3-4-6-15(12)23-17(13)18(24)19(16)29-2/h3-6,9,18-19,27H,7-8,10-11H2,1-2H3. The summed E-state index contributed by atoms with van der Waals surface area (Å²) in [7, 11) is 3.00. The molecule has 0 spiro atoms. The SMILES string of the molecule is COCCC1(O)C(=O)OCC2=C1C(OC)C1c3nc4ccccc4cc3CN1C2=O. The summed E-state index contributed by atoms with van der Waals surface area (Å²) < 4.78 is 16.1. The lowest BCUT2D eigenvalue weighted by Crippen LogP contribution is -2.57. The molecule has 0 radical (unpaired) electrons. The summed E-state index contributed by atoms with van der Waals surface area (Å²) in [6.45, 7) is 0.329. The first-order valence-corrected chi connectivity index (χ1v) is 9.84. The zero-order chi connectivity index (χ0) is 21.0. The maximum atomic E-state index is 13.4. The van der Waals surface area contributed by atoms with E-state index in [-0.39, 0.29) is 36.7 Å². The minimum absolute atomic E-state index is 0.0287. The van der Waals surface area contributed by atoms with Crippen molar-refractivity contribution >= 4 is 22.8 Å². The van der Waals surface area contributed by atoms with Crippen molar-refractivity contribution < 1.29 is 28.9 Å². The highest BCUT2D eigenvalue weighted by molar-refractivity contribution is 6.01. The van der Waals surface area contributed by atoms with Gasteiger partial charge in [-0.15, -0.1) is 0 Å². The molecular formula is C22H22N2O6. The number of aliphatic hydroxyl groups is 1. The summed E-state index contributed by atoms with van der Waals surface area (Å²) >= 11 is 0. The highest BCUT2D eigenvalue weighted by Crippen LogP contribution is 2.48. The number of nitrogens with zero attached hydrogens (tertiary/aromatic N) is 2. The number of hydrogen-bond donors (Lipinski definition) is 1. The highest BCUT2D eigenvalue weighted by atomic mass is 16.6. The average Bonchev–Trinajstić information content (AvgIpc) is 3.12. The molecule has 3 aliphatic heterocycles. The largest absolute Gasteiger partial charge is 0.458 e. The van der Waals surface area contributed by atoms with E-state index in [0.29, 0.717) is 6.54 Å². The third-order valence-corrected chi connectivity index (χ3v) is 6.26. The van der Waals surface area contributed by atoms with Crippen molar-refractivity contribution in [2.75, 3.05) is 27.4 Å². The van der Waals surface area contributed by atoms with E-state index in [1.54, 1.807) is 4.90 Å². The van der Waals surface area contributed by atoms with Gasteiger partial charge in [-0.25, -0.2) is 4.79 Å². The van der Waals surface area contributed by atoms with Gasteiger partial charge in [0, 0.05) is 44.8 Å². The fraction of sp³-hybridized carbons (Fsp3) is 0.409. The molecule has 2 aromatic rings. The second kappa shape index (κ2) is 6.87. The second-order valence-corrected chi connectivity index (χ2v) is 7.83. The van der Waals surface area contributed by atoms with E-state index in [0.717, 1.165) is 22.2 Å². The average molecular weight is 410 g/mol. The molecule has 0 aliphatic carbocycles. The van der Waals surface area contributed by atoms with Crippen LogP contribution in [0.3, 0.4) is 0 Å². The molecule has 8 nitrogen and oxygen atoms in total. The summed E-state index contributed by atoms with van der Waals surface area (Å²) in [6.07, 6.45) is -0.749. The molecule has 1 aromatic heterocycles. The highest BCUT2D eigenvalue weighted by Gasteiger charge is 2.58. The number of esters is 1. The van der Waals surface area contributed by atoms with Gasteiger partial charge in [0.05, 0.1) is 16.8 Å². The molecule has 8 heteroatoms. The van der Waals surface area contributed by atoms with Gasteiger partial charge in [0.15, 0.2) is 5.60 Å². The fourth-order valence-corrected chi connectivity index (χ4v) is 4.83. The van der Waals surface area contributed by atoms with E-state index >= 15 is 0 Å². The maximum Gasteiger partial charge on any atom is 0.343 e. The van der Waals surface area contributed by atoms with Crippen LogP contribution in [-0.4, -0.2) is 66.0 Å². The zero-order valence-corrected chi connectivity index (χ0v) is 16.8. The predicted molar refractivity (Wildman–Crippen MR) is 105 cm³/mol.